The number of nitrogens with zero attached hydrogens (tertiary/aromatic N) is 1. The molecule has 0 saturated carbocycles. The second kappa shape index (κ2) is 7.94. The van der Waals surface area contributed by atoms with Gasteiger partial charge in [-0.25, -0.2) is 4.98 Å². The molecule has 0 spiro atoms. The van der Waals surface area contributed by atoms with Crippen molar-refractivity contribution in [2.24, 2.45) is 0 Å². The van der Waals surface area contributed by atoms with E-state index in [-0.39, 0.29) is 18.0 Å². The van der Waals surface area contributed by atoms with E-state index < -0.39 is 0 Å². The molecule has 0 aliphatic carbocycles. The Morgan fingerprint density at radius 3 is 2.91 bits per heavy atom. The van der Waals surface area contributed by atoms with Crippen molar-refractivity contribution in [3.05, 3.63) is 58.1 Å². The topological polar surface area (TPSA) is 93.3 Å². The van der Waals surface area contributed by atoms with E-state index in [1.165, 1.54) is 18.3 Å². The minimum absolute atomic E-state index is 0.252. The minimum atomic E-state index is -0.289. The van der Waals surface area contributed by atoms with Crippen molar-refractivity contribution < 1.29 is 14.3 Å². The Kier molecular flexibility index (Phi) is 5.67. The van der Waals surface area contributed by atoms with Crippen LogP contribution in [0.5, 0.6) is 5.88 Å². The smallest absolute Gasteiger partial charge is 0.253 e. The molecule has 116 valence electrons. The monoisotopic (exact) mass is 303 g/mol. The third kappa shape index (κ3) is 4.42. The molecule has 0 saturated heterocycles. The minimum Gasteiger partial charge on any atom is -0.475 e. The average molecular weight is 303 g/mol. The molecule has 0 bridgehead atoms. The summed E-state index contributed by atoms with van der Waals surface area (Å²) in [5.74, 6) is 0.171. The number of aromatic amines is 1. The summed E-state index contributed by atoms with van der Waals surface area (Å²) in [6, 6.07) is 6.36. The number of hydrogen-bond acceptors (Lipinski definition) is 5. The normalized spacial score (nSPS) is 10.2. The summed E-state index contributed by atoms with van der Waals surface area (Å²) in [6.07, 6.45) is 2.99. The number of rotatable bonds is 7. The third-order valence-electron chi connectivity index (χ3n) is 2.86. The summed E-state index contributed by atoms with van der Waals surface area (Å²) < 4.78 is 10.4. The molecule has 0 aliphatic heterocycles. The van der Waals surface area contributed by atoms with Crippen molar-refractivity contribution >= 4 is 5.91 Å². The first kappa shape index (κ1) is 15.7. The zero-order valence-electron chi connectivity index (χ0n) is 12.2. The van der Waals surface area contributed by atoms with Gasteiger partial charge in [0, 0.05) is 37.7 Å². The van der Waals surface area contributed by atoms with Gasteiger partial charge in [0.1, 0.15) is 6.61 Å². The van der Waals surface area contributed by atoms with Crippen LogP contribution < -0.4 is 15.6 Å². The number of amides is 1. The van der Waals surface area contributed by atoms with E-state index >= 15 is 0 Å². The molecule has 7 heteroatoms. The Morgan fingerprint density at radius 2 is 2.18 bits per heavy atom. The molecule has 0 aliphatic rings. The zero-order valence-corrected chi connectivity index (χ0v) is 12.2. The highest BCUT2D eigenvalue weighted by molar-refractivity contribution is 5.93. The number of carbonyl (C=O) groups excluding carboxylic acids is 1. The molecule has 0 unspecified atom stereocenters. The van der Waals surface area contributed by atoms with Gasteiger partial charge in [-0.15, -0.1) is 0 Å². The zero-order chi connectivity index (χ0) is 15.8. The van der Waals surface area contributed by atoms with Gasteiger partial charge in [0.05, 0.1) is 12.2 Å². The van der Waals surface area contributed by atoms with Crippen molar-refractivity contribution in [1.82, 2.24) is 15.3 Å². The van der Waals surface area contributed by atoms with Crippen LogP contribution in [-0.2, 0) is 11.3 Å². The number of hydrogen-bond donors (Lipinski definition) is 2. The molecular weight excluding hydrogens is 286 g/mol. The van der Waals surface area contributed by atoms with E-state index in [0.717, 1.165) is 5.56 Å². The van der Waals surface area contributed by atoms with Gasteiger partial charge in [-0.2, -0.15) is 0 Å². The van der Waals surface area contributed by atoms with Crippen molar-refractivity contribution in [3.8, 4) is 5.88 Å². The summed E-state index contributed by atoms with van der Waals surface area (Å²) in [4.78, 5) is 29.6. The van der Waals surface area contributed by atoms with Crippen molar-refractivity contribution in [2.45, 2.75) is 6.54 Å². The Bertz CT molecular complexity index is 664. The van der Waals surface area contributed by atoms with Gasteiger partial charge in [-0.1, -0.05) is 6.07 Å². The van der Waals surface area contributed by atoms with Gasteiger partial charge >= 0.3 is 0 Å². The highest BCUT2D eigenvalue weighted by Gasteiger charge is 2.08. The van der Waals surface area contributed by atoms with Gasteiger partial charge in [-0.05, 0) is 12.1 Å². The van der Waals surface area contributed by atoms with Crippen LogP contribution in [0.25, 0.3) is 0 Å². The lowest BCUT2D eigenvalue weighted by Crippen LogP contribution is -2.24. The average Bonchev–Trinajstić information content (AvgIpc) is 2.54. The molecule has 7 nitrogen and oxygen atoms in total. The van der Waals surface area contributed by atoms with Crippen LogP contribution >= 0.6 is 0 Å². The fourth-order valence-electron chi connectivity index (χ4n) is 1.74. The Hall–Kier alpha value is -2.67. The summed E-state index contributed by atoms with van der Waals surface area (Å²) >= 11 is 0. The maximum absolute atomic E-state index is 12.0. The summed E-state index contributed by atoms with van der Waals surface area (Å²) in [6.45, 7) is 1.11. The molecule has 0 aromatic carbocycles. The van der Waals surface area contributed by atoms with Gasteiger partial charge in [0.2, 0.25) is 11.4 Å². The van der Waals surface area contributed by atoms with E-state index in [9.17, 15) is 9.59 Å². The number of carbonyl (C=O) groups is 1. The molecular formula is C15H17N3O4. The van der Waals surface area contributed by atoms with Gasteiger partial charge < -0.3 is 19.8 Å². The van der Waals surface area contributed by atoms with Crippen molar-refractivity contribution in [1.29, 1.82) is 0 Å². The van der Waals surface area contributed by atoms with Crippen LogP contribution in [0.1, 0.15) is 15.9 Å². The van der Waals surface area contributed by atoms with E-state index in [1.807, 2.05) is 6.07 Å². The largest absolute Gasteiger partial charge is 0.475 e. The standard InChI is InChI=1S/C15H17N3O4/c1-21-7-8-22-15-12(3-2-6-16-15)10-18-14(20)11-4-5-13(19)17-9-11/h2-6,9H,7-8,10H2,1H3,(H,17,19)(H,18,20). The molecule has 2 rings (SSSR count). The number of ether oxygens (including phenoxy) is 2. The lowest BCUT2D eigenvalue weighted by molar-refractivity contribution is 0.0949. The molecule has 1 amide bonds. The van der Waals surface area contributed by atoms with Gasteiger partial charge in [0.25, 0.3) is 5.91 Å². The predicted octanol–water partition coefficient (Wildman–Crippen LogP) is 0.725. The Morgan fingerprint density at radius 1 is 1.32 bits per heavy atom. The fourth-order valence-corrected chi connectivity index (χ4v) is 1.74. The molecule has 2 N–H and O–H groups in total. The van der Waals surface area contributed by atoms with Crippen molar-refractivity contribution in [2.75, 3.05) is 20.3 Å². The maximum Gasteiger partial charge on any atom is 0.253 e. The first-order valence-corrected chi connectivity index (χ1v) is 6.73. The van der Waals surface area contributed by atoms with Crippen LogP contribution in [0, 0.1) is 0 Å². The lowest BCUT2D eigenvalue weighted by Gasteiger charge is -2.10. The van der Waals surface area contributed by atoms with Crippen LogP contribution in [0.4, 0.5) is 0 Å². The van der Waals surface area contributed by atoms with E-state index in [4.69, 9.17) is 9.47 Å². The van der Waals surface area contributed by atoms with Crippen LogP contribution in [0.2, 0.25) is 0 Å². The second-order valence-electron chi connectivity index (χ2n) is 4.43. The summed E-state index contributed by atoms with van der Waals surface area (Å²) in [5.41, 5.74) is 0.888. The molecule has 2 heterocycles. The second-order valence-corrected chi connectivity index (χ2v) is 4.43. The number of aromatic nitrogens is 2. The Balaban J connectivity index is 1.97. The van der Waals surface area contributed by atoms with Gasteiger partial charge in [-0.3, -0.25) is 9.59 Å². The van der Waals surface area contributed by atoms with Gasteiger partial charge in [0.15, 0.2) is 0 Å². The fraction of sp³-hybridized carbons (Fsp3) is 0.267. The maximum atomic E-state index is 12.0. The number of pyridine rings is 2. The van der Waals surface area contributed by atoms with Crippen molar-refractivity contribution in [3.63, 3.8) is 0 Å². The molecule has 0 fully saturated rings. The van der Waals surface area contributed by atoms with E-state index in [0.29, 0.717) is 24.7 Å². The molecule has 0 radical (unpaired) electrons. The van der Waals surface area contributed by atoms with E-state index in [2.05, 4.69) is 15.3 Å². The first-order chi connectivity index (χ1) is 10.7. The SMILES string of the molecule is COCCOc1ncccc1CNC(=O)c1ccc(=O)[nH]c1. The molecule has 22 heavy (non-hydrogen) atoms. The molecule has 2 aromatic rings. The number of H-pyrrole nitrogens is 1. The van der Waals surface area contributed by atoms with Crippen LogP contribution in [-0.4, -0.2) is 36.2 Å². The number of nitrogens with one attached hydrogen (secondary N) is 2. The van der Waals surface area contributed by atoms with Crippen LogP contribution in [0.15, 0.2) is 41.5 Å². The summed E-state index contributed by atoms with van der Waals surface area (Å²) in [7, 11) is 1.59. The van der Waals surface area contributed by atoms with E-state index in [1.54, 1.807) is 19.4 Å². The third-order valence-corrected chi connectivity index (χ3v) is 2.86. The Labute approximate surface area is 127 Å². The quantitative estimate of drug-likeness (QED) is 0.735. The highest BCUT2D eigenvalue weighted by Crippen LogP contribution is 2.14. The summed E-state index contributed by atoms with van der Waals surface area (Å²) in [5, 5.41) is 2.75. The molecule has 2 aromatic heterocycles. The highest BCUT2D eigenvalue weighted by atomic mass is 16.5. The molecule has 0 atom stereocenters. The van der Waals surface area contributed by atoms with Crippen LogP contribution in [0.3, 0.4) is 0 Å². The number of methoxy groups -OCH3 is 1. The predicted molar refractivity (Wildman–Crippen MR) is 79.8 cm³/mol. The first-order valence-electron chi connectivity index (χ1n) is 6.73. The lowest BCUT2D eigenvalue weighted by atomic mass is 10.2.